The number of halogens is 1. The van der Waals surface area contributed by atoms with E-state index in [-0.39, 0.29) is 35.8 Å². The summed E-state index contributed by atoms with van der Waals surface area (Å²) >= 11 is 0. The lowest BCUT2D eigenvalue weighted by Crippen LogP contribution is -2.40. The van der Waals surface area contributed by atoms with E-state index in [0.29, 0.717) is 30.8 Å². The topological polar surface area (TPSA) is 74.2 Å². The molecule has 7 nitrogen and oxygen atoms in total. The first-order valence-electron chi connectivity index (χ1n) is 10.6. The predicted molar refractivity (Wildman–Crippen MR) is 129 cm³/mol. The maximum absolute atomic E-state index is 12.4. The second-order valence-electron chi connectivity index (χ2n) is 7.69. The predicted octanol–water partition coefficient (Wildman–Crippen LogP) is 3.00. The maximum atomic E-state index is 12.4. The molecule has 0 saturated heterocycles. The number of imide groups is 1. The van der Waals surface area contributed by atoms with Crippen molar-refractivity contribution in [1.29, 1.82) is 0 Å². The molecule has 166 valence electrons. The van der Waals surface area contributed by atoms with Gasteiger partial charge in [-0.05, 0) is 50.7 Å². The second kappa shape index (κ2) is 12.2. The van der Waals surface area contributed by atoms with E-state index in [9.17, 15) is 9.59 Å². The molecule has 1 aliphatic carbocycles. The van der Waals surface area contributed by atoms with Crippen LogP contribution in [0.5, 0.6) is 0 Å². The lowest BCUT2D eigenvalue weighted by Gasteiger charge is -2.22. The standard InChI is InChI=1S/C22H32N4O3.HI/c1-3-23-22(25(2)14-15-29-16-17-10-11-17)24-12-6-7-13-26-20(27)18-8-4-5-9-19(18)21(26)28;/h4-5,8-9,17H,3,6-7,10-16H2,1-2H3,(H,23,24);1H. The van der Waals surface area contributed by atoms with Crippen molar-refractivity contribution < 1.29 is 14.3 Å². The average Bonchev–Trinajstić information content (AvgIpc) is 3.52. The molecule has 1 heterocycles. The van der Waals surface area contributed by atoms with E-state index in [1.807, 2.05) is 7.05 Å². The fraction of sp³-hybridized carbons (Fsp3) is 0.591. The number of hydrogen-bond donors (Lipinski definition) is 1. The number of rotatable bonds is 11. The summed E-state index contributed by atoms with van der Waals surface area (Å²) in [6.07, 6.45) is 4.16. The summed E-state index contributed by atoms with van der Waals surface area (Å²) in [6, 6.07) is 7.01. The van der Waals surface area contributed by atoms with Gasteiger partial charge >= 0.3 is 0 Å². The number of unbranched alkanes of at least 4 members (excludes halogenated alkanes) is 1. The molecule has 0 bridgehead atoms. The van der Waals surface area contributed by atoms with Crippen LogP contribution in [0.2, 0.25) is 0 Å². The number of likely N-dealkylation sites (N-methyl/N-ethyl adjacent to an activating group) is 1. The number of carbonyl (C=O) groups excluding carboxylic acids is 2. The van der Waals surface area contributed by atoms with E-state index < -0.39 is 0 Å². The largest absolute Gasteiger partial charge is 0.379 e. The molecule has 0 radical (unpaired) electrons. The van der Waals surface area contributed by atoms with Gasteiger partial charge in [-0.25, -0.2) is 0 Å². The molecule has 30 heavy (non-hydrogen) atoms. The summed E-state index contributed by atoms with van der Waals surface area (Å²) < 4.78 is 5.71. The van der Waals surface area contributed by atoms with Crippen LogP contribution in [0.15, 0.2) is 29.3 Å². The molecular formula is C22H33IN4O3. The lowest BCUT2D eigenvalue weighted by atomic mass is 10.1. The Bertz CT molecular complexity index is 717. The summed E-state index contributed by atoms with van der Waals surface area (Å²) in [5.74, 6) is 1.27. The molecule has 0 unspecified atom stereocenters. The van der Waals surface area contributed by atoms with E-state index in [1.54, 1.807) is 24.3 Å². The summed E-state index contributed by atoms with van der Waals surface area (Å²) in [5, 5.41) is 3.30. The third kappa shape index (κ3) is 6.66. The average molecular weight is 528 g/mol. The van der Waals surface area contributed by atoms with Crippen LogP contribution in [0.4, 0.5) is 0 Å². The number of nitrogens with one attached hydrogen (secondary N) is 1. The van der Waals surface area contributed by atoms with E-state index in [1.165, 1.54) is 17.7 Å². The maximum Gasteiger partial charge on any atom is 0.261 e. The third-order valence-electron chi connectivity index (χ3n) is 5.25. The van der Waals surface area contributed by atoms with Gasteiger partial charge in [-0.15, -0.1) is 24.0 Å². The van der Waals surface area contributed by atoms with Gasteiger partial charge in [0.1, 0.15) is 0 Å². The van der Waals surface area contributed by atoms with Crippen LogP contribution in [0.25, 0.3) is 0 Å². The molecule has 1 aromatic rings. The molecule has 1 saturated carbocycles. The van der Waals surface area contributed by atoms with Gasteiger partial charge in [-0.1, -0.05) is 12.1 Å². The Morgan fingerprint density at radius 1 is 1.20 bits per heavy atom. The molecule has 2 amide bonds. The SMILES string of the molecule is CCNC(=NCCCCN1C(=O)c2ccccc2C1=O)N(C)CCOCC1CC1.I. The van der Waals surface area contributed by atoms with Gasteiger partial charge < -0.3 is 15.0 Å². The molecule has 8 heteroatoms. The molecular weight excluding hydrogens is 495 g/mol. The fourth-order valence-electron chi connectivity index (χ4n) is 3.32. The van der Waals surface area contributed by atoms with Crippen molar-refractivity contribution in [2.45, 2.75) is 32.6 Å². The number of carbonyl (C=O) groups is 2. The second-order valence-corrected chi connectivity index (χ2v) is 7.69. The van der Waals surface area contributed by atoms with E-state index in [4.69, 9.17) is 4.74 Å². The minimum Gasteiger partial charge on any atom is -0.379 e. The zero-order valence-corrected chi connectivity index (χ0v) is 20.3. The number of hydrogen-bond acceptors (Lipinski definition) is 4. The monoisotopic (exact) mass is 528 g/mol. The highest BCUT2D eigenvalue weighted by Crippen LogP contribution is 2.28. The molecule has 0 spiro atoms. The number of ether oxygens (including phenoxy) is 1. The first kappa shape index (κ1) is 24.6. The van der Waals surface area contributed by atoms with Crippen molar-refractivity contribution >= 4 is 41.8 Å². The fourth-order valence-corrected chi connectivity index (χ4v) is 3.32. The Labute approximate surface area is 196 Å². The molecule has 2 aliphatic rings. The highest BCUT2D eigenvalue weighted by Gasteiger charge is 2.34. The molecule has 1 fully saturated rings. The van der Waals surface area contributed by atoms with Crippen molar-refractivity contribution in [1.82, 2.24) is 15.1 Å². The normalized spacial score (nSPS) is 15.8. The Balaban J connectivity index is 0.00000320. The zero-order valence-electron chi connectivity index (χ0n) is 17.9. The van der Waals surface area contributed by atoms with Gasteiger partial charge in [-0.2, -0.15) is 0 Å². The molecule has 3 rings (SSSR count). The van der Waals surface area contributed by atoms with Gasteiger partial charge in [0.15, 0.2) is 5.96 Å². The molecule has 1 aliphatic heterocycles. The Morgan fingerprint density at radius 2 is 1.87 bits per heavy atom. The Morgan fingerprint density at radius 3 is 2.47 bits per heavy atom. The molecule has 1 N–H and O–H groups in total. The number of nitrogens with zero attached hydrogens (tertiary/aromatic N) is 3. The van der Waals surface area contributed by atoms with Crippen LogP contribution in [-0.2, 0) is 4.74 Å². The number of guanidine groups is 1. The van der Waals surface area contributed by atoms with Crippen LogP contribution in [0, 0.1) is 5.92 Å². The number of amides is 2. The van der Waals surface area contributed by atoms with Crippen molar-refractivity contribution in [2.75, 3.05) is 46.4 Å². The van der Waals surface area contributed by atoms with E-state index in [2.05, 4.69) is 22.1 Å². The minimum absolute atomic E-state index is 0. The molecule has 0 aromatic heterocycles. The molecule has 1 aromatic carbocycles. The highest BCUT2D eigenvalue weighted by atomic mass is 127. The van der Waals surface area contributed by atoms with Gasteiger partial charge in [0.25, 0.3) is 11.8 Å². The smallest absolute Gasteiger partial charge is 0.261 e. The van der Waals surface area contributed by atoms with Crippen LogP contribution in [0.1, 0.15) is 53.3 Å². The van der Waals surface area contributed by atoms with Gasteiger partial charge in [0.05, 0.1) is 17.7 Å². The summed E-state index contributed by atoms with van der Waals surface area (Å²) in [6.45, 7) is 6.32. The van der Waals surface area contributed by atoms with Gasteiger partial charge in [0, 0.05) is 39.8 Å². The highest BCUT2D eigenvalue weighted by molar-refractivity contribution is 14.0. The first-order chi connectivity index (χ1) is 14.1. The van der Waals surface area contributed by atoms with Crippen LogP contribution >= 0.6 is 24.0 Å². The number of benzene rings is 1. The lowest BCUT2D eigenvalue weighted by molar-refractivity contribution is 0.0652. The number of fused-ring (bicyclic) bond motifs is 1. The summed E-state index contributed by atoms with van der Waals surface area (Å²) in [5.41, 5.74) is 1.02. The first-order valence-corrected chi connectivity index (χ1v) is 10.6. The van der Waals surface area contributed by atoms with Gasteiger partial charge in [-0.3, -0.25) is 19.5 Å². The van der Waals surface area contributed by atoms with Crippen molar-refractivity contribution in [3.05, 3.63) is 35.4 Å². The van der Waals surface area contributed by atoms with Crippen molar-refractivity contribution in [2.24, 2.45) is 10.9 Å². The quantitative estimate of drug-likeness (QED) is 0.157. The zero-order chi connectivity index (χ0) is 20.6. The van der Waals surface area contributed by atoms with Gasteiger partial charge in [0.2, 0.25) is 0 Å². The minimum atomic E-state index is -0.187. The van der Waals surface area contributed by atoms with Crippen molar-refractivity contribution in [3.8, 4) is 0 Å². The Hall–Kier alpha value is -1.68. The van der Waals surface area contributed by atoms with Crippen LogP contribution < -0.4 is 5.32 Å². The van der Waals surface area contributed by atoms with E-state index >= 15 is 0 Å². The third-order valence-corrected chi connectivity index (χ3v) is 5.25. The van der Waals surface area contributed by atoms with E-state index in [0.717, 1.165) is 44.4 Å². The summed E-state index contributed by atoms with van der Waals surface area (Å²) in [4.78, 5) is 32.9. The van der Waals surface area contributed by atoms with Crippen LogP contribution in [-0.4, -0.2) is 74.0 Å². The van der Waals surface area contributed by atoms with Crippen LogP contribution in [0.3, 0.4) is 0 Å². The number of aliphatic imine (C=N–C) groups is 1. The molecule has 0 atom stereocenters. The Kier molecular flexibility index (Phi) is 10.0. The van der Waals surface area contributed by atoms with Crippen molar-refractivity contribution in [3.63, 3.8) is 0 Å². The summed E-state index contributed by atoms with van der Waals surface area (Å²) in [7, 11) is 2.01.